The Balaban J connectivity index is 2.03. The molecule has 1 unspecified atom stereocenters. The van der Waals surface area contributed by atoms with Gasteiger partial charge in [0.2, 0.25) is 0 Å². The molecule has 0 spiro atoms. The highest BCUT2D eigenvalue weighted by atomic mass is 16.4. The predicted molar refractivity (Wildman–Crippen MR) is 118 cm³/mol. The first-order valence-corrected chi connectivity index (χ1v) is 10.8. The standard InChI is InChI=1S/C26H32O4/c1-6-25(4)12-7-13-26(5,24(29)30)22(25)11-8-17-14-18(16(2)3)15-19-20(27)9-10-21(28)23(17)19/h6,9-10,14-16,22H,1,7-8,11-13H2,2-5H3,(H,29,30)/t22?,25-,26+/m0/s1. The second-order valence-corrected chi connectivity index (χ2v) is 9.70. The van der Waals surface area contributed by atoms with Crippen molar-refractivity contribution >= 4 is 17.5 Å². The van der Waals surface area contributed by atoms with Crippen molar-refractivity contribution in [1.29, 1.82) is 0 Å². The summed E-state index contributed by atoms with van der Waals surface area (Å²) in [4.78, 5) is 37.4. The molecule has 1 aromatic rings. The first-order chi connectivity index (χ1) is 14.0. The Labute approximate surface area is 179 Å². The summed E-state index contributed by atoms with van der Waals surface area (Å²) in [6.45, 7) is 12.1. The van der Waals surface area contributed by atoms with Crippen LogP contribution in [0, 0.1) is 16.7 Å². The number of ketones is 2. The van der Waals surface area contributed by atoms with Gasteiger partial charge >= 0.3 is 5.97 Å². The van der Waals surface area contributed by atoms with E-state index in [0.717, 1.165) is 24.0 Å². The zero-order chi connectivity index (χ0) is 22.3. The second-order valence-electron chi connectivity index (χ2n) is 9.70. The molecule has 0 radical (unpaired) electrons. The van der Waals surface area contributed by atoms with Gasteiger partial charge in [-0.1, -0.05) is 39.3 Å². The number of hydrogen-bond donors (Lipinski definition) is 1. The Hall–Kier alpha value is -2.49. The normalized spacial score (nSPS) is 28.5. The Bertz CT molecular complexity index is 939. The second kappa shape index (κ2) is 7.98. The number of allylic oxidation sites excluding steroid dienone is 3. The van der Waals surface area contributed by atoms with Gasteiger partial charge in [-0.05, 0) is 79.2 Å². The molecule has 3 atom stereocenters. The monoisotopic (exact) mass is 408 g/mol. The van der Waals surface area contributed by atoms with Crippen molar-refractivity contribution in [2.45, 2.75) is 65.7 Å². The number of fused-ring (bicyclic) bond motifs is 1. The number of hydrogen-bond acceptors (Lipinski definition) is 3. The number of carboxylic acids is 1. The molecule has 0 saturated heterocycles. The van der Waals surface area contributed by atoms with E-state index in [4.69, 9.17) is 0 Å². The van der Waals surface area contributed by atoms with Crippen LogP contribution in [0.4, 0.5) is 0 Å². The number of carboxylic acid groups (broad SMARTS) is 1. The van der Waals surface area contributed by atoms with Gasteiger partial charge in [-0.25, -0.2) is 0 Å². The van der Waals surface area contributed by atoms with Crippen molar-refractivity contribution in [3.63, 3.8) is 0 Å². The third-order valence-corrected chi connectivity index (χ3v) is 7.44. The predicted octanol–water partition coefficient (Wildman–Crippen LogP) is 5.76. The summed E-state index contributed by atoms with van der Waals surface area (Å²) in [5.41, 5.74) is 1.72. The molecule has 1 aromatic carbocycles. The first-order valence-electron chi connectivity index (χ1n) is 10.8. The van der Waals surface area contributed by atoms with Crippen molar-refractivity contribution in [2.75, 3.05) is 0 Å². The van der Waals surface area contributed by atoms with Gasteiger partial charge in [0, 0.05) is 11.1 Å². The molecule has 3 rings (SSSR count). The van der Waals surface area contributed by atoms with E-state index in [2.05, 4.69) is 27.4 Å². The number of carbonyl (C=O) groups is 3. The van der Waals surface area contributed by atoms with Gasteiger partial charge in [-0.3, -0.25) is 14.4 Å². The quantitative estimate of drug-likeness (QED) is 0.607. The molecule has 2 aliphatic rings. The smallest absolute Gasteiger partial charge is 0.309 e. The molecular formula is C26H32O4. The third kappa shape index (κ3) is 3.68. The van der Waals surface area contributed by atoms with E-state index >= 15 is 0 Å². The molecule has 4 heteroatoms. The number of aliphatic carboxylic acids is 1. The summed E-state index contributed by atoms with van der Waals surface area (Å²) in [5.74, 6) is -0.937. The fraction of sp³-hybridized carbons (Fsp3) is 0.500. The summed E-state index contributed by atoms with van der Waals surface area (Å²) in [6.07, 6.45) is 8.20. The molecule has 0 aliphatic heterocycles. The summed E-state index contributed by atoms with van der Waals surface area (Å²) >= 11 is 0. The van der Waals surface area contributed by atoms with Crippen LogP contribution in [0.2, 0.25) is 0 Å². The Morgan fingerprint density at radius 1 is 1.20 bits per heavy atom. The minimum absolute atomic E-state index is 0.1000. The lowest BCUT2D eigenvalue weighted by atomic mass is 9.54. The molecule has 2 aliphatic carbocycles. The highest BCUT2D eigenvalue weighted by Crippen LogP contribution is 2.54. The van der Waals surface area contributed by atoms with E-state index < -0.39 is 11.4 Å². The van der Waals surface area contributed by atoms with Gasteiger partial charge in [-0.2, -0.15) is 0 Å². The van der Waals surface area contributed by atoms with Crippen molar-refractivity contribution in [1.82, 2.24) is 0 Å². The summed E-state index contributed by atoms with van der Waals surface area (Å²) in [7, 11) is 0. The molecule has 0 heterocycles. The van der Waals surface area contributed by atoms with E-state index in [1.165, 1.54) is 12.2 Å². The average molecular weight is 409 g/mol. The van der Waals surface area contributed by atoms with Gasteiger partial charge in [0.15, 0.2) is 11.6 Å². The van der Waals surface area contributed by atoms with E-state index in [9.17, 15) is 19.5 Å². The van der Waals surface area contributed by atoms with Crippen LogP contribution in [-0.2, 0) is 11.2 Å². The van der Waals surface area contributed by atoms with Crippen LogP contribution in [0.3, 0.4) is 0 Å². The van der Waals surface area contributed by atoms with Crippen LogP contribution in [0.1, 0.15) is 91.1 Å². The van der Waals surface area contributed by atoms with Gasteiger partial charge in [0.1, 0.15) is 0 Å². The van der Waals surface area contributed by atoms with Crippen molar-refractivity contribution in [3.8, 4) is 0 Å². The van der Waals surface area contributed by atoms with E-state index in [0.29, 0.717) is 30.4 Å². The van der Waals surface area contributed by atoms with Gasteiger partial charge in [0.05, 0.1) is 5.41 Å². The highest BCUT2D eigenvalue weighted by Gasteiger charge is 2.51. The van der Waals surface area contributed by atoms with Crippen LogP contribution in [0.5, 0.6) is 0 Å². The van der Waals surface area contributed by atoms with E-state index in [1.54, 1.807) is 0 Å². The lowest BCUT2D eigenvalue weighted by Crippen LogP contribution is -2.47. The van der Waals surface area contributed by atoms with E-state index in [1.807, 2.05) is 25.1 Å². The third-order valence-electron chi connectivity index (χ3n) is 7.44. The molecule has 30 heavy (non-hydrogen) atoms. The fourth-order valence-electron chi connectivity index (χ4n) is 5.43. The zero-order valence-electron chi connectivity index (χ0n) is 18.5. The maximum Gasteiger partial charge on any atom is 0.309 e. The number of carbonyl (C=O) groups excluding carboxylic acids is 2. The van der Waals surface area contributed by atoms with Crippen LogP contribution < -0.4 is 0 Å². The molecule has 4 nitrogen and oxygen atoms in total. The summed E-state index contributed by atoms with van der Waals surface area (Å²) in [6, 6.07) is 3.86. The van der Waals surface area contributed by atoms with Crippen LogP contribution >= 0.6 is 0 Å². The van der Waals surface area contributed by atoms with Crippen molar-refractivity contribution < 1.29 is 19.5 Å². The first kappa shape index (κ1) is 22.2. The largest absolute Gasteiger partial charge is 0.481 e. The molecule has 1 fully saturated rings. The maximum absolute atomic E-state index is 12.7. The maximum atomic E-state index is 12.7. The average Bonchev–Trinajstić information content (AvgIpc) is 2.69. The molecule has 0 aromatic heterocycles. The lowest BCUT2D eigenvalue weighted by Gasteiger charge is -2.49. The van der Waals surface area contributed by atoms with Crippen LogP contribution in [-0.4, -0.2) is 22.6 Å². The van der Waals surface area contributed by atoms with Crippen molar-refractivity contribution in [2.24, 2.45) is 16.7 Å². The topological polar surface area (TPSA) is 71.4 Å². The summed E-state index contributed by atoms with van der Waals surface area (Å²) < 4.78 is 0. The van der Waals surface area contributed by atoms with Gasteiger partial charge in [0.25, 0.3) is 0 Å². The molecular weight excluding hydrogens is 376 g/mol. The molecule has 1 saturated carbocycles. The minimum atomic E-state index is -0.837. The van der Waals surface area contributed by atoms with Gasteiger partial charge in [-0.15, -0.1) is 6.58 Å². The number of benzene rings is 1. The molecule has 0 amide bonds. The highest BCUT2D eigenvalue weighted by molar-refractivity contribution is 6.22. The molecule has 160 valence electrons. The molecule has 0 bridgehead atoms. The summed E-state index contributed by atoms with van der Waals surface area (Å²) in [5, 5.41) is 10.0. The van der Waals surface area contributed by atoms with Crippen LogP contribution in [0.15, 0.2) is 36.9 Å². The van der Waals surface area contributed by atoms with Crippen molar-refractivity contribution in [3.05, 3.63) is 59.2 Å². The Morgan fingerprint density at radius 2 is 1.87 bits per heavy atom. The van der Waals surface area contributed by atoms with Crippen LogP contribution in [0.25, 0.3) is 0 Å². The SMILES string of the molecule is C=C[C@@]1(C)CCC[C@@](C)(C(=O)O)C1CCc1cc(C(C)C)cc2c1C(=O)C=CC2=O. The minimum Gasteiger partial charge on any atom is -0.481 e. The Kier molecular flexibility index (Phi) is 5.90. The number of aryl methyl sites for hydroxylation is 1. The zero-order valence-corrected chi connectivity index (χ0v) is 18.5. The number of rotatable bonds is 6. The molecule has 1 N–H and O–H groups in total. The van der Waals surface area contributed by atoms with E-state index in [-0.39, 0.29) is 28.8 Å². The fourth-order valence-corrected chi connectivity index (χ4v) is 5.43. The lowest BCUT2D eigenvalue weighted by molar-refractivity contribution is -0.158. The van der Waals surface area contributed by atoms with Gasteiger partial charge < -0.3 is 5.11 Å². The Morgan fingerprint density at radius 3 is 2.47 bits per heavy atom.